The minimum atomic E-state index is -0.638. The van der Waals surface area contributed by atoms with Crippen LogP contribution in [0.2, 0.25) is 0 Å². The highest BCUT2D eigenvalue weighted by Gasteiger charge is 2.15. The van der Waals surface area contributed by atoms with Crippen LogP contribution in [0.5, 0.6) is 5.75 Å². The second kappa shape index (κ2) is 8.13. The first kappa shape index (κ1) is 15.0. The zero-order valence-corrected chi connectivity index (χ0v) is 11.3. The second-order valence-electron chi connectivity index (χ2n) is 4.14. The summed E-state index contributed by atoms with van der Waals surface area (Å²) in [5.41, 5.74) is 0. The van der Waals surface area contributed by atoms with E-state index >= 15 is 0 Å². The molecule has 1 aromatic carbocycles. The normalized spacial score (nSPS) is 11.5. The van der Waals surface area contributed by atoms with Crippen molar-refractivity contribution < 1.29 is 14.3 Å². The first-order chi connectivity index (χ1) is 9.13. The Hall–Kier alpha value is -2.04. The van der Waals surface area contributed by atoms with E-state index < -0.39 is 6.10 Å². The molecule has 2 amide bonds. The topological polar surface area (TPSA) is 67.4 Å². The van der Waals surface area contributed by atoms with Crippen LogP contribution in [0.15, 0.2) is 30.3 Å². The van der Waals surface area contributed by atoms with Crippen LogP contribution in [0.4, 0.5) is 0 Å². The van der Waals surface area contributed by atoms with Crippen molar-refractivity contribution in [2.24, 2.45) is 0 Å². The van der Waals surface area contributed by atoms with E-state index in [0.29, 0.717) is 12.3 Å². The molecule has 0 aromatic heterocycles. The van der Waals surface area contributed by atoms with E-state index in [4.69, 9.17) is 4.74 Å². The van der Waals surface area contributed by atoms with E-state index in [-0.39, 0.29) is 18.4 Å². The first-order valence-electron chi connectivity index (χ1n) is 6.39. The van der Waals surface area contributed by atoms with Crippen LogP contribution in [-0.2, 0) is 9.59 Å². The predicted molar refractivity (Wildman–Crippen MR) is 72.8 cm³/mol. The lowest BCUT2D eigenvalue weighted by molar-refractivity contribution is -0.130. The highest BCUT2D eigenvalue weighted by molar-refractivity contribution is 5.86. The zero-order valence-electron chi connectivity index (χ0n) is 11.3. The van der Waals surface area contributed by atoms with Crippen molar-refractivity contribution in [1.82, 2.24) is 10.6 Å². The summed E-state index contributed by atoms with van der Waals surface area (Å²) in [5, 5.41) is 5.22. The van der Waals surface area contributed by atoms with Gasteiger partial charge in [0, 0.05) is 6.54 Å². The molecule has 1 rings (SSSR count). The molecule has 0 aliphatic rings. The maximum Gasteiger partial charge on any atom is 0.261 e. The van der Waals surface area contributed by atoms with Crippen molar-refractivity contribution >= 4 is 11.8 Å². The van der Waals surface area contributed by atoms with E-state index in [1.165, 1.54) is 0 Å². The number of hydrogen-bond acceptors (Lipinski definition) is 3. The van der Waals surface area contributed by atoms with Crippen LogP contribution in [0.3, 0.4) is 0 Å². The Morgan fingerprint density at radius 3 is 2.53 bits per heavy atom. The molecule has 0 heterocycles. The lowest BCUT2D eigenvalue weighted by Gasteiger charge is -2.14. The summed E-state index contributed by atoms with van der Waals surface area (Å²) in [7, 11) is 0. The van der Waals surface area contributed by atoms with Gasteiger partial charge in [0.05, 0.1) is 6.54 Å². The minimum absolute atomic E-state index is 0.0265. The maximum absolute atomic E-state index is 11.7. The number of nitrogens with one attached hydrogen (secondary N) is 2. The lowest BCUT2D eigenvalue weighted by Crippen LogP contribution is -2.42. The highest BCUT2D eigenvalue weighted by Crippen LogP contribution is 2.10. The summed E-state index contributed by atoms with van der Waals surface area (Å²) in [5.74, 6) is 0.123. The van der Waals surface area contributed by atoms with Crippen LogP contribution in [0.1, 0.15) is 20.3 Å². The van der Waals surface area contributed by atoms with Crippen molar-refractivity contribution in [2.75, 3.05) is 13.1 Å². The van der Waals surface area contributed by atoms with Gasteiger partial charge in [0.15, 0.2) is 6.10 Å². The van der Waals surface area contributed by atoms with Gasteiger partial charge in [-0.3, -0.25) is 9.59 Å². The van der Waals surface area contributed by atoms with Gasteiger partial charge in [0.2, 0.25) is 5.91 Å². The molecule has 0 bridgehead atoms. The van der Waals surface area contributed by atoms with Crippen LogP contribution in [-0.4, -0.2) is 31.0 Å². The highest BCUT2D eigenvalue weighted by atomic mass is 16.5. The zero-order chi connectivity index (χ0) is 14.1. The van der Waals surface area contributed by atoms with Crippen molar-refractivity contribution in [2.45, 2.75) is 26.4 Å². The number of amides is 2. The number of rotatable bonds is 7. The Morgan fingerprint density at radius 2 is 1.89 bits per heavy atom. The number of benzene rings is 1. The number of para-hydroxylation sites is 1. The summed E-state index contributed by atoms with van der Waals surface area (Å²) in [6.07, 6.45) is 0.231. The van der Waals surface area contributed by atoms with Crippen molar-refractivity contribution in [1.29, 1.82) is 0 Å². The van der Waals surface area contributed by atoms with Crippen LogP contribution in [0, 0.1) is 0 Å². The van der Waals surface area contributed by atoms with E-state index in [0.717, 1.165) is 6.42 Å². The Bertz CT molecular complexity index is 406. The Morgan fingerprint density at radius 1 is 1.21 bits per heavy atom. The third-order valence-electron chi connectivity index (χ3n) is 2.42. The lowest BCUT2D eigenvalue weighted by atomic mass is 10.3. The predicted octanol–water partition coefficient (Wildman–Crippen LogP) is 1.10. The van der Waals surface area contributed by atoms with E-state index in [9.17, 15) is 9.59 Å². The molecule has 2 N–H and O–H groups in total. The summed E-state index contributed by atoms with van der Waals surface area (Å²) < 4.78 is 5.45. The van der Waals surface area contributed by atoms with Crippen molar-refractivity contribution in [3.63, 3.8) is 0 Å². The fourth-order valence-electron chi connectivity index (χ4n) is 1.39. The fourth-order valence-corrected chi connectivity index (χ4v) is 1.39. The Labute approximate surface area is 113 Å². The quantitative estimate of drug-likeness (QED) is 0.775. The molecule has 0 fully saturated rings. The molecule has 104 valence electrons. The van der Waals surface area contributed by atoms with Crippen LogP contribution < -0.4 is 15.4 Å². The number of hydrogen-bond donors (Lipinski definition) is 2. The monoisotopic (exact) mass is 264 g/mol. The smallest absolute Gasteiger partial charge is 0.261 e. The molecular weight excluding hydrogens is 244 g/mol. The van der Waals surface area contributed by atoms with Crippen LogP contribution in [0.25, 0.3) is 0 Å². The summed E-state index contributed by atoms with van der Waals surface area (Å²) in [6.45, 7) is 4.20. The molecule has 0 aliphatic carbocycles. The standard InChI is InChI=1S/C14H20N2O3/c1-3-9-15-13(17)10-16-14(18)11(2)19-12-7-5-4-6-8-12/h4-8,11H,3,9-10H2,1-2H3,(H,15,17)(H,16,18). The molecule has 0 spiro atoms. The van der Waals surface area contributed by atoms with Gasteiger partial charge in [0.1, 0.15) is 5.75 Å². The number of carbonyl (C=O) groups is 2. The SMILES string of the molecule is CCCNC(=O)CNC(=O)C(C)Oc1ccccc1. The first-order valence-corrected chi connectivity index (χ1v) is 6.39. The summed E-state index contributed by atoms with van der Waals surface area (Å²) in [6, 6.07) is 9.08. The molecule has 5 heteroatoms. The van der Waals surface area contributed by atoms with Gasteiger partial charge in [-0.05, 0) is 25.5 Å². The molecular formula is C14H20N2O3. The van der Waals surface area contributed by atoms with Crippen molar-refractivity contribution in [3.05, 3.63) is 30.3 Å². The Balaban J connectivity index is 2.31. The number of carbonyl (C=O) groups excluding carboxylic acids is 2. The fraction of sp³-hybridized carbons (Fsp3) is 0.429. The van der Waals surface area contributed by atoms with Gasteiger partial charge in [-0.2, -0.15) is 0 Å². The molecule has 0 radical (unpaired) electrons. The van der Waals surface area contributed by atoms with Gasteiger partial charge < -0.3 is 15.4 Å². The second-order valence-corrected chi connectivity index (χ2v) is 4.14. The van der Waals surface area contributed by atoms with E-state index in [1.54, 1.807) is 19.1 Å². The van der Waals surface area contributed by atoms with E-state index in [2.05, 4.69) is 10.6 Å². The molecule has 0 saturated carbocycles. The molecule has 1 unspecified atom stereocenters. The summed E-state index contributed by atoms with van der Waals surface area (Å²) >= 11 is 0. The maximum atomic E-state index is 11.7. The molecule has 19 heavy (non-hydrogen) atoms. The average molecular weight is 264 g/mol. The molecule has 1 atom stereocenters. The molecule has 1 aromatic rings. The van der Waals surface area contributed by atoms with Gasteiger partial charge in [-0.15, -0.1) is 0 Å². The summed E-state index contributed by atoms with van der Waals surface area (Å²) in [4.78, 5) is 23.0. The van der Waals surface area contributed by atoms with E-state index in [1.807, 2.05) is 25.1 Å². The van der Waals surface area contributed by atoms with Gasteiger partial charge >= 0.3 is 0 Å². The van der Waals surface area contributed by atoms with Gasteiger partial charge in [-0.1, -0.05) is 25.1 Å². The molecule has 0 saturated heterocycles. The molecule has 0 aliphatic heterocycles. The Kier molecular flexibility index (Phi) is 6.43. The van der Waals surface area contributed by atoms with Gasteiger partial charge in [-0.25, -0.2) is 0 Å². The third-order valence-corrected chi connectivity index (χ3v) is 2.42. The van der Waals surface area contributed by atoms with Gasteiger partial charge in [0.25, 0.3) is 5.91 Å². The number of ether oxygens (including phenoxy) is 1. The van der Waals surface area contributed by atoms with Crippen molar-refractivity contribution in [3.8, 4) is 5.75 Å². The average Bonchev–Trinajstić information content (AvgIpc) is 2.43. The largest absolute Gasteiger partial charge is 0.481 e. The third kappa shape index (κ3) is 5.90. The molecule has 5 nitrogen and oxygen atoms in total. The van der Waals surface area contributed by atoms with Crippen LogP contribution >= 0.6 is 0 Å². The minimum Gasteiger partial charge on any atom is -0.481 e.